The van der Waals surface area contributed by atoms with E-state index in [0.29, 0.717) is 17.6 Å². The van der Waals surface area contributed by atoms with Gasteiger partial charge in [0.05, 0.1) is 6.54 Å². The van der Waals surface area contributed by atoms with Crippen molar-refractivity contribution in [3.63, 3.8) is 0 Å². The SMILES string of the molecule is Cn1nc(NC(=O)CN2CCCCCC2=O)cc1C(F)(F)F. The lowest BCUT2D eigenvalue weighted by Gasteiger charge is -2.19. The zero-order chi connectivity index (χ0) is 16.3. The lowest BCUT2D eigenvalue weighted by atomic mass is 10.2. The Morgan fingerprint density at radius 3 is 2.73 bits per heavy atom. The van der Waals surface area contributed by atoms with Crippen molar-refractivity contribution in [2.75, 3.05) is 18.4 Å². The summed E-state index contributed by atoms with van der Waals surface area (Å²) in [6.45, 7) is 0.318. The van der Waals surface area contributed by atoms with E-state index in [1.807, 2.05) is 0 Å². The number of anilines is 1. The van der Waals surface area contributed by atoms with Crippen molar-refractivity contribution in [2.45, 2.75) is 31.9 Å². The van der Waals surface area contributed by atoms with Crippen LogP contribution in [0.4, 0.5) is 19.0 Å². The molecule has 2 heterocycles. The van der Waals surface area contributed by atoms with Crippen LogP contribution >= 0.6 is 0 Å². The number of likely N-dealkylation sites (tertiary alicyclic amines) is 1. The molecule has 0 saturated carbocycles. The fourth-order valence-electron chi connectivity index (χ4n) is 2.36. The maximum absolute atomic E-state index is 12.6. The van der Waals surface area contributed by atoms with Crippen LogP contribution in [-0.4, -0.2) is 39.6 Å². The zero-order valence-electron chi connectivity index (χ0n) is 12.1. The van der Waals surface area contributed by atoms with E-state index >= 15 is 0 Å². The summed E-state index contributed by atoms with van der Waals surface area (Å²) in [5.41, 5.74) is -0.950. The fraction of sp³-hybridized carbons (Fsp3) is 0.615. The smallest absolute Gasteiger partial charge is 0.333 e. The Morgan fingerprint density at radius 2 is 2.09 bits per heavy atom. The number of aromatic nitrogens is 2. The molecule has 0 atom stereocenters. The van der Waals surface area contributed by atoms with Crippen LogP contribution in [0.25, 0.3) is 0 Å². The van der Waals surface area contributed by atoms with Crippen LogP contribution in [-0.2, 0) is 22.8 Å². The van der Waals surface area contributed by atoms with Gasteiger partial charge < -0.3 is 10.2 Å². The molecule has 1 saturated heterocycles. The van der Waals surface area contributed by atoms with Crippen molar-refractivity contribution in [1.29, 1.82) is 0 Å². The van der Waals surface area contributed by atoms with Crippen molar-refractivity contribution in [3.05, 3.63) is 11.8 Å². The third-order valence-electron chi connectivity index (χ3n) is 3.44. The Bertz CT molecular complexity index is 568. The number of nitrogens with one attached hydrogen (secondary N) is 1. The Labute approximate surface area is 125 Å². The molecule has 22 heavy (non-hydrogen) atoms. The lowest BCUT2D eigenvalue weighted by Crippen LogP contribution is -2.37. The molecule has 1 aromatic rings. The molecule has 0 aromatic carbocycles. The number of amides is 2. The third-order valence-corrected chi connectivity index (χ3v) is 3.44. The van der Waals surface area contributed by atoms with Crippen molar-refractivity contribution in [1.82, 2.24) is 14.7 Å². The number of aryl methyl sites for hydroxylation is 1. The lowest BCUT2D eigenvalue weighted by molar-refractivity contribution is -0.143. The van der Waals surface area contributed by atoms with E-state index < -0.39 is 17.8 Å². The van der Waals surface area contributed by atoms with Crippen molar-refractivity contribution < 1.29 is 22.8 Å². The molecule has 0 aliphatic carbocycles. The number of hydrogen-bond acceptors (Lipinski definition) is 3. The summed E-state index contributed by atoms with van der Waals surface area (Å²) < 4.78 is 38.6. The summed E-state index contributed by atoms with van der Waals surface area (Å²) in [6, 6.07) is 0.766. The molecule has 1 aliphatic rings. The number of alkyl halides is 3. The Balaban J connectivity index is 1.98. The van der Waals surface area contributed by atoms with E-state index in [1.165, 1.54) is 4.90 Å². The summed E-state index contributed by atoms with van der Waals surface area (Å²) in [4.78, 5) is 25.1. The van der Waals surface area contributed by atoms with Gasteiger partial charge in [-0.2, -0.15) is 18.3 Å². The molecule has 0 spiro atoms. The first-order chi connectivity index (χ1) is 10.3. The fourth-order valence-corrected chi connectivity index (χ4v) is 2.36. The normalized spacial score (nSPS) is 16.5. The van der Waals surface area contributed by atoms with Crippen LogP contribution in [0.3, 0.4) is 0 Å². The number of halogens is 3. The van der Waals surface area contributed by atoms with E-state index in [0.717, 1.165) is 32.4 Å². The summed E-state index contributed by atoms with van der Waals surface area (Å²) in [5.74, 6) is -0.839. The number of rotatable bonds is 3. The Kier molecular flexibility index (Phi) is 4.72. The molecule has 2 rings (SSSR count). The van der Waals surface area contributed by atoms with Crippen molar-refractivity contribution >= 4 is 17.6 Å². The largest absolute Gasteiger partial charge is 0.433 e. The van der Waals surface area contributed by atoms with Crippen LogP contribution in [0, 0.1) is 0 Å². The van der Waals surface area contributed by atoms with Crippen LogP contribution < -0.4 is 5.32 Å². The molecule has 0 unspecified atom stereocenters. The molecule has 9 heteroatoms. The van der Waals surface area contributed by atoms with E-state index in [-0.39, 0.29) is 18.3 Å². The summed E-state index contributed by atoms with van der Waals surface area (Å²) in [5, 5.41) is 5.91. The van der Waals surface area contributed by atoms with Gasteiger partial charge in [-0.05, 0) is 12.8 Å². The summed E-state index contributed by atoms with van der Waals surface area (Å²) in [6.07, 6.45) is -1.59. The highest BCUT2D eigenvalue weighted by Gasteiger charge is 2.35. The van der Waals surface area contributed by atoms with Gasteiger partial charge in [-0.25, -0.2) is 0 Å². The minimum absolute atomic E-state index is 0.107. The van der Waals surface area contributed by atoms with Gasteiger partial charge >= 0.3 is 6.18 Å². The molecule has 1 aliphatic heterocycles. The minimum atomic E-state index is -4.54. The van der Waals surface area contributed by atoms with Crippen LogP contribution in [0.1, 0.15) is 31.4 Å². The number of nitrogens with zero attached hydrogens (tertiary/aromatic N) is 3. The van der Waals surface area contributed by atoms with Gasteiger partial charge in [0, 0.05) is 26.1 Å². The molecule has 0 bridgehead atoms. The van der Waals surface area contributed by atoms with E-state index in [2.05, 4.69) is 10.4 Å². The van der Waals surface area contributed by atoms with Crippen LogP contribution in [0.5, 0.6) is 0 Å². The molecular weight excluding hydrogens is 301 g/mol. The van der Waals surface area contributed by atoms with Gasteiger partial charge in [-0.3, -0.25) is 14.3 Å². The van der Waals surface area contributed by atoms with Crippen LogP contribution in [0.2, 0.25) is 0 Å². The molecule has 122 valence electrons. The van der Waals surface area contributed by atoms with Gasteiger partial charge in [0.2, 0.25) is 11.8 Å². The van der Waals surface area contributed by atoms with Crippen molar-refractivity contribution in [3.8, 4) is 0 Å². The van der Waals surface area contributed by atoms with Gasteiger partial charge in [0.1, 0.15) is 5.69 Å². The average Bonchev–Trinajstić information content (AvgIpc) is 2.65. The molecule has 6 nitrogen and oxygen atoms in total. The predicted molar refractivity (Wildman–Crippen MR) is 71.9 cm³/mol. The highest BCUT2D eigenvalue weighted by molar-refractivity contribution is 5.93. The molecule has 2 amide bonds. The van der Waals surface area contributed by atoms with E-state index in [9.17, 15) is 22.8 Å². The average molecular weight is 318 g/mol. The highest BCUT2D eigenvalue weighted by atomic mass is 19.4. The second-order valence-electron chi connectivity index (χ2n) is 5.21. The van der Waals surface area contributed by atoms with Gasteiger partial charge in [0.25, 0.3) is 0 Å². The summed E-state index contributed by atoms with van der Waals surface area (Å²) in [7, 11) is 1.15. The maximum atomic E-state index is 12.6. The molecule has 1 fully saturated rings. The molecule has 1 N–H and O–H groups in total. The summed E-state index contributed by atoms with van der Waals surface area (Å²) >= 11 is 0. The Morgan fingerprint density at radius 1 is 1.36 bits per heavy atom. The monoisotopic (exact) mass is 318 g/mol. The number of carbonyl (C=O) groups excluding carboxylic acids is 2. The van der Waals surface area contributed by atoms with Crippen molar-refractivity contribution in [2.24, 2.45) is 7.05 Å². The number of hydrogen-bond donors (Lipinski definition) is 1. The first-order valence-electron chi connectivity index (χ1n) is 6.96. The van der Waals surface area contributed by atoms with Gasteiger partial charge in [0.15, 0.2) is 5.82 Å². The number of carbonyl (C=O) groups is 2. The van der Waals surface area contributed by atoms with Crippen LogP contribution in [0.15, 0.2) is 6.07 Å². The third kappa shape index (κ3) is 3.99. The van der Waals surface area contributed by atoms with Gasteiger partial charge in [-0.15, -0.1) is 0 Å². The molecule has 0 radical (unpaired) electrons. The first-order valence-corrected chi connectivity index (χ1v) is 6.96. The standard InChI is InChI=1S/C13H17F3N4O2/c1-19-9(13(14,15)16)7-10(18-19)17-11(21)8-20-6-4-2-3-5-12(20)22/h7H,2-6,8H2,1H3,(H,17,18,21). The zero-order valence-corrected chi connectivity index (χ0v) is 12.1. The topological polar surface area (TPSA) is 67.2 Å². The second-order valence-corrected chi connectivity index (χ2v) is 5.21. The van der Waals surface area contributed by atoms with E-state index in [4.69, 9.17) is 0 Å². The van der Waals surface area contributed by atoms with Gasteiger partial charge in [-0.1, -0.05) is 6.42 Å². The quantitative estimate of drug-likeness (QED) is 0.924. The minimum Gasteiger partial charge on any atom is -0.333 e. The maximum Gasteiger partial charge on any atom is 0.433 e. The second kappa shape index (κ2) is 6.37. The first kappa shape index (κ1) is 16.3. The predicted octanol–water partition coefficient (Wildman–Crippen LogP) is 1.78. The van der Waals surface area contributed by atoms with E-state index in [1.54, 1.807) is 0 Å². The Hall–Kier alpha value is -2.06. The highest BCUT2D eigenvalue weighted by Crippen LogP contribution is 2.30. The molecule has 1 aromatic heterocycles. The molecular formula is C13H17F3N4O2.